The van der Waals surface area contributed by atoms with Gasteiger partial charge in [0.15, 0.2) is 0 Å². The molecule has 0 heterocycles. The van der Waals surface area contributed by atoms with Crippen LogP contribution in [0.15, 0.2) is 12.2 Å². The first-order chi connectivity index (χ1) is 6.46. The maximum absolute atomic E-state index is 14.5. The van der Waals surface area contributed by atoms with E-state index < -0.39 is 23.0 Å². The summed E-state index contributed by atoms with van der Waals surface area (Å²) in [5.41, 5.74) is -2.78. The number of fused-ring (bicyclic) bond motifs is 2. The Kier molecular flexibility index (Phi) is 1.79. The summed E-state index contributed by atoms with van der Waals surface area (Å²) in [6.45, 7) is 3.63. The summed E-state index contributed by atoms with van der Waals surface area (Å²) in [5, 5.41) is 9.05. The molecule has 2 nitrogen and oxygen atoms in total. The Bertz CT molecular complexity index is 312. The molecule has 1 saturated carbocycles. The number of carboxylic acid groups (broad SMARTS) is 1. The van der Waals surface area contributed by atoms with Crippen molar-refractivity contribution < 1.29 is 14.3 Å². The molecule has 1 fully saturated rings. The fourth-order valence-corrected chi connectivity index (χ4v) is 3.08. The number of aliphatic carboxylic acids is 1. The number of hydrogen-bond acceptors (Lipinski definition) is 1. The van der Waals surface area contributed by atoms with Gasteiger partial charge in [-0.3, -0.25) is 0 Å². The Morgan fingerprint density at radius 3 is 2.57 bits per heavy atom. The highest BCUT2D eigenvalue weighted by molar-refractivity contribution is 5.81. The van der Waals surface area contributed by atoms with E-state index in [1.165, 1.54) is 0 Å². The van der Waals surface area contributed by atoms with Gasteiger partial charge in [-0.25, -0.2) is 9.18 Å². The van der Waals surface area contributed by atoms with Gasteiger partial charge in [-0.15, -0.1) is 0 Å². The van der Waals surface area contributed by atoms with Crippen molar-refractivity contribution in [2.45, 2.75) is 32.4 Å². The first-order valence-corrected chi connectivity index (χ1v) is 5.07. The number of rotatable bonds is 2. The van der Waals surface area contributed by atoms with Gasteiger partial charge in [0.2, 0.25) is 5.67 Å². The average Bonchev–Trinajstić information content (AvgIpc) is 2.69. The van der Waals surface area contributed by atoms with E-state index in [0.29, 0.717) is 12.8 Å². The standard InChI is InChI=1S/C11H15FO2/c1-3-10(2)7-4-5-8(6-7)11(10,12)9(13)14/h4-5,7-8H,3,6H2,1-2H3,(H,13,14). The molecule has 2 aliphatic rings. The van der Waals surface area contributed by atoms with Crippen LogP contribution in [0.4, 0.5) is 4.39 Å². The SMILES string of the molecule is CCC1(C)C2C=CC(C2)C1(F)C(=O)O. The highest BCUT2D eigenvalue weighted by Crippen LogP contribution is 2.61. The van der Waals surface area contributed by atoms with Gasteiger partial charge < -0.3 is 5.11 Å². The molecular formula is C11H15FO2. The van der Waals surface area contributed by atoms with Crippen molar-refractivity contribution in [1.29, 1.82) is 0 Å². The number of alkyl halides is 1. The van der Waals surface area contributed by atoms with Crippen molar-refractivity contribution in [2.24, 2.45) is 17.3 Å². The molecule has 0 saturated heterocycles. The second kappa shape index (κ2) is 2.59. The van der Waals surface area contributed by atoms with Gasteiger partial charge in [0.05, 0.1) is 0 Å². The molecule has 0 aromatic rings. The van der Waals surface area contributed by atoms with Crippen LogP contribution in [0.3, 0.4) is 0 Å². The van der Waals surface area contributed by atoms with Crippen LogP contribution in [0.25, 0.3) is 0 Å². The largest absolute Gasteiger partial charge is 0.479 e. The topological polar surface area (TPSA) is 37.3 Å². The van der Waals surface area contributed by atoms with Crippen molar-refractivity contribution in [2.75, 3.05) is 0 Å². The van der Waals surface area contributed by atoms with E-state index in [0.717, 1.165) is 0 Å². The molecule has 0 aromatic heterocycles. The number of hydrogen-bond donors (Lipinski definition) is 1. The Balaban J connectivity index is 2.50. The lowest BCUT2D eigenvalue weighted by Gasteiger charge is -2.40. The van der Waals surface area contributed by atoms with E-state index in [1.54, 1.807) is 13.0 Å². The zero-order valence-electron chi connectivity index (χ0n) is 8.46. The Morgan fingerprint density at radius 1 is 1.57 bits per heavy atom. The normalized spacial score (nSPS) is 49.9. The summed E-state index contributed by atoms with van der Waals surface area (Å²) in [7, 11) is 0. The van der Waals surface area contributed by atoms with Gasteiger partial charge in [-0.05, 0) is 18.8 Å². The fraction of sp³-hybridized carbons (Fsp3) is 0.727. The molecular weight excluding hydrogens is 183 g/mol. The number of allylic oxidation sites excluding steroid dienone is 2. The third-order valence-electron chi connectivity index (χ3n) is 4.29. The van der Waals surface area contributed by atoms with Crippen LogP contribution in [-0.4, -0.2) is 16.7 Å². The van der Waals surface area contributed by atoms with Gasteiger partial charge in [0.25, 0.3) is 0 Å². The van der Waals surface area contributed by atoms with E-state index in [-0.39, 0.29) is 5.92 Å². The lowest BCUT2D eigenvalue weighted by atomic mass is 9.66. The Morgan fingerprint density at radius 2 is 2.14 bits per heavy atom. The summed E-state index contributed by atoms with van der Waals surface area (Å²) < 4.78 is 14.5. The van der Waals surface area contributed by atoms with Crippen molar-refractivity contribution in [1.82, 2.24) is 0 Å². The molecule has 0 aliphatic heterocycles. The lowest BCUT2D eigenvalue weighted by Crippen LogP contribution is -2.51. The van der Waals surface area contributed by atoms with Crippen LogP contribution in [-0.2, 0) is 4.79 Å². The zero-order chi connectivity index (χ0) is 10.6. The Hall–Kier alpha value is -0.860. The molecule has 0 spiro atoms. The van der Waals surface area contributed by atoms with Crippen LogP contribution in [0.2, 0.25) is 0 Å². The molecule has 4 atom stereocenters. The van der Waals surface area contributed by atoms with Gasteiger partial charge in [0.1, 0.15) is 0 Å². The summed E-state index contributed by atoms with van der Waals surface area (Å²) in [5.74, 6) is -1.62. The molecule has 2 bridgehead atoms. The molecule has 1 N–H and O–H groups in total. The molecule has 0 aromatic carbocycles. The summed E-state index contributed by atoms with van der Waals surface area (Å²) in [6.07, 6.45) is 4.94. The summed E-state index contributed by atoms with van der Waals surface area (Å²) in [6, 6.07) is 0. The first-order valence-electron chi connectivity index (χ1n) is 5.07. The number of halogens is 1. The molecule has 3 heteroatoms. The summed E-state index contributed by atoms with van der Waals surface area (Å²) >= 11 is 0. The van der Waals surface area contributed by atoms with Gasteiger partial charge in [-0.1, -0.05) is 26.0 Å². The van der Waals surface area contributed by atoms with E-state index in [4.69, 9.17) is 5.11 Å². The molecule has 14 heavy (non-hydrogen) atoms. The van der Waals surface area contributed by atoms with Crippen molar-refractivity contribution in [3.63, 3.8) is 0 Å². The van der Waals surface area contributed by atoms with Crippen LogP contribution in [0.5, 0.6) is 0 Å². The third-order valence-corrected chi connectivity index (χ3v) is 4.29. The van der Waals surface area contributed by atoms with Crippen molar-refractivity contribution >= 4 is 5.97 Å². The van der Waals surface area contributed by atoms with E-state index >= 15 is 0 Å². The van der Waals surface area contributed by atoms with Crippen molar-refractivity contribution in [3.05, 3.63) is 12.2 Å². The van der Waals surface area contributed by atoms with Crippen LogP contribution < -0.4 is 0 Å². The van der Waals surface area contributed by atoms with E-state index in [2.05, 4.69) is 0 Å². The van der Waals surface area contributed by atoms with Gasteiger partial charge in [0, 0.05) is 11.3 Å². The second-order valence-corrected chi connectivity index (χ2v) is 4.62. The maximum Gasteiger partial charge on any atom is 0.342 e. The van der Waals surface area contributed by atoms with Crippen LogP contribution in [0.1, 0.15) is 26.7 Å². The summed E-state index contributed by atoms with van der Waals surface area (Å²) in [4.78, 5) is 11.1. The predicted octanol–water partition coefficient (Wildman–Crippen LogP) is 2.40. The highest BCUT2D eigenvalue weighted by atomic mass is 19.1. The van der Waals surface area contributed by atoms with Gasteiger partial charge in [-0.2, -0.15) is 0 Å². The second-order valence-electron chi connectivity index (χ2n) is 4.62. The monoisotopic (exact) mass is 198 g/mol. The minimum absolute atomic E-state index is 0.0959. The maximum atomic E-state index is 14.5. The minimum Gasteiger partial charge on any atom is -0.479 e. The third kappa shape index (κ3) is 0.787. The number of carboxylic acids is 1. The van der Waals surface area contributed by atoms with E-state index in [9.17, 15) is 9.18 Å². The van der Waals surface area contributed by atoms with Crippen LogP contribution in [0, 0.1) is 17.3 Å². The molecule has 0 amide bonds. The number of carbonyl (C=O) groups is 1. The fourth-order valence-electron chi connectivity index (χ4n) is 3.08. The quantitative estimate of drug-likeness (QED) is 0.692. The highest BCUT2D eigenvalue weighted by Gasteiger charge is 2.67. The Labute approximate surface area is 82.8 Å². The first kappa shape index (κ1) is 9.69. The smallest absolute Gasteiger partial charge is 0.342 e. The van der Waals surface area contributed by atoms with E-state index in [1.807, 2.05) is 13.0 Å². The van der Waals surface area contributed by atoms with Gasteiger partial charge >= 0.3 is 5.97 Å². The lowest BCUT2D eigenvalue weighted by molar-refractivity contribution is -0.163. The minimum atomic E-state index is -2.05. The van der Waals surface area contributed by atoms with Crippen molar-refractivity contribution in [3.8, 4) is 0 Å². The molecule has 4 unspecified atom stereocenters. The molecule has 78 valence electrons. The molecule has 2 rings (SSSR count). The molecule has 2 aliphatic carbocycles. The van der Waals surface area contributed by atoms with Crippen LogP contribution >= 0.6 is 0 Å². The zero-order valence-corrected chi connectivity index (χ0v) is 8.46. The molecule has 0 radical (unpaired) electrons. The average molecular weight is 198 g/mol. The predicted molar refractivity (Wildman–Crippen MR) is 50.6 cm³/mol.